The lowest BCUT2D eigenvalue weighted by molar-refractivity contribution is -0.122. The first-order chi connectivity index (χ1) is 7.90. The zero-order valence-electron chi connectivity index (χ0n) is 10.9. The Labute approximate surface area is 107 Å². The summed E-state index contributed by atoms with van der Waals surface area (Å²) in [5, 5.41) is 12.1. The topological polar surface area (TPSA) is 49.3 Å². The molecule has 0 spiro atoms. The smallest absolute Gasteiger partial charge is 0.220 e. The van der Waals surface area contributed by atoms with Crippen molar-refractivity contribution in [3.63, 3.8) is 0 Å². The molecule has 0 radical (unpaired) electrons. The maximum Gasteiger partial charge on any atom is 0.220 e. The molecule has 2 unspecified atom stereocenters. The Bertz CT molecular complexity index is 385. The van der Waals surface area contributed by atoms with Crippen LogP contribution in [0.3, 0.4) is 0 Å². The minimum atomic E-state index is -0.416. The summed E-state index contributed by atoms with van der Waals surface area (Å²) < 4.78 is 0. The van der Waals surface area contributed by atoms with Gasteiger partial charge < -0.3 is 10.4 Å². The lowest BCUT2D eigenvalue weighted by Crippen LogP contribution is -2.27. The Hall–Kier alpha value is -0.870. The van der Waals surface area contributed by atoms with E-state index in [0.29, 0.717) is 12.8 Å². The average molecular weight is 255 g/mol. The van der Waals surface area contributed by atoms with E-state index in [4.69, 9.17) is 5.11 Å². The minimum absolute atomic E-state index is 0.00153. The number of aliphatic hydroxyl groups is 1. The third-order valence-corrected chi connectivity index (χ3v) is 3.69. The van der Waals surface area contributed by atoms with E-state index in [1.807, 2.05) is 6.92 Å². The number of rotatable bonds is 5. The Morgan fingerprint density at radius 1 is 1.47 bits per heavy atom. The fourth-order valence-corrected chi connectivity index (χ4v) is 2.83. The SMILES string of the molecule is Cc1cc(C(C)NC(=O)CCC(C)O)c(C)s1. The molecule has 1 rings (SSSR count). The van der Waals surface area contributed by atoms with Crippen molar-refractivity contribution in [1.82, 2.24) is 5.32 Å². The lowest BCUT2D eigenvalue weighted by Gasteiger charge is -2.14. The molecule has 0 aliphatic rings. The predicted octanol–water partition coefficient (Wildman–Crippen LogP) is 2.70. The third kappa shape index (κ3) is 4.48. The average Bonchev–Trinajstić information content (AvgIpc) is 2.55. The molecule has 0 saturated heterocycles. The summed E-state index contributed by atoms with van der Waals surface area (Å²) in [6.07, 6.45) is 0.478. The second-order valence-corrected chi connectivity index (χ2v) is 6.01. The van der Waals surface area contributed by atoms with E-state index in [2.05, 4.69) is 25.2 Å². The van der Waals surface area contributed by atoms with Crippen LogP contribution in [0, 0.1) is 13.8 Å². The van der Waals surface area contributed by atoms with Crippen molar-refractivity contribution < 1.29 is 9.90 Å². The Balaban J connectivity index is 2.51. The third-order valence-electron chi connectivity index (χ3n) is 2.71. The number of nitrogens with one attached hydrogen (secondary N) is 1. The van der Waals surface area contributed by atoms with E-state index >= 15 is 0 Å². The number of amides is 1. The highest BCUT2D eigenvalue weighted by Gasteiger charge is 2.13. The van der Waals surface area contributed by atoms with Gasteiger partial charge in [0.2, 0.25) is 5.91 Å². The normalized spacial score (nSPS) is 14.4. The van der Waals surface area contributed by atoms with Crippen LogP contribution in [0.25, 0.3) is 0 Å². The van der Waals surface area contributed by atoms with Crippen molar-refractivity contribution in [3.05, 3.63) is 21.4 Å². The van der Waals surface area contributed by atoms with Crippen molar-refractivity contribution in [1.29, 1.82) is 0 Å². The standard InChI is InChI=1S/C13H21NO2S/c1-8(15)5-6-13(16)14-10(3)12-7-9(2)17-11(12)4/h7-8,10,15H,5-6H2,1-4H3,(H,14,16). The van der Waals surface area contributed by atoms with E-state index < -0.39 is 6.10 Å². The van der Waals surface area contributed by atoms with Gasteiger partial charge in [-0.1, -0.05) is 0 Å². The van der Waals surface area contributed by atoms with Crippen LogP contribution in [0.15, 0.2) is 6.07 Å². The van der Waals surface area contributed by atoms with Gasteiger partial charge in [-0.25, -0.2) is 0 Å². The minimum Gasteiger partial charge on any atom is -0.393 e. The molecule has 0 aliphatic heterocycles. The van der Waals surface area contributed by atoms with Crippen molar-refractivity contribution in [2.24, 2.45) is 0 Å². The Kier molecular flexibility index (Phi) is 5.15. The van der Waals surface area contributed by atoms with Crippen molar-refractivity contribution in [2.75, 3.05) is 0 Å². The molecule has 0 bridgehead atoms. The molecule has 0 fully saturated rings. The van der Waals surface area contributed by atoms with Crippen molar-refractivity contribution in [2.45, 2.75) is 52.7 Å². The lowest BCUT2D eigenvalue weighted by atomic mass is 10.1. The summed E-state index contributed by atoms with van der Waals surface area (Å²) >= 11 is 1.75. The number of carbonyl (C=O) groups is 1. The molecule has 17 heavy (non-hydrogen) atoms. The number of hydrogen-bond donors (Lipinski definition) is 2. The number of aliphatic hydroxyl groups excluding tert-OH is 1. The van der Waals surface area contributed by atoms with Gasteiger partial charge in [-0.15, -0.1) is 11.3 Å². The maximum absolute atomic E-state index is 11.6. The molecular weight excluding hydrogens is 234 g/mol. The van der Waals surface area contributed by atoms with E-state index in [-0.39, 0.29) is 11.9 Å². The Morgan fingerprint density at radius 2 is 2.12 bits per heavy atom. The van der Waals surface area contributed by atoms with E-state index in [1.54, 1.807) is 18.3 Å². The van der Waals surface area contributed by atoms with Crippen molar-refractivity contribution >= 4 is 17.2 Å². The molecule has 0 aliphatic carbocycles. The van der Waals surface area contributed by atoms with Crippen LogP contribution in [0.4, 0.5) is 0 Å². The van der Waals surface area contributed by atoms with Gasteiger partial charge in [0.25, 0.3) is 0 Å². The summed E-state index contributed by atoms with van der Waals surface area (Å²) in [5.74, 6) is 0.00153. The van der Waals surface area contributed by atoms with E-state index in [0.717, 1.165) is 0 Å². The first kappa shape index (κ1) is 14.2. The zero-order chi connectivity index (χ0) is 13.0. The fraction of sp³-hybridized carbons (Fsp3) is 0.615. The van der Waals surface area contributed by atoms with Crippen molar-refractivity contribution in [3.8, 4) is 0 Å². The first-order valence-electron chi connectivity index (χ1n) is 5.94. The summed E-state index contributed by atoms with van der Waals surface area (Å²) in [4.78, 5) is 14.2. The summed E-state index contributed by atoms with van der Waals surface area (Å²) in [6.45, 7) is 7.84. The van der Waals surface area contributed by atoms with Crippen LogP contribution < -0.4 is 5.32 Å². The van der Waals surface area contributed by atoms with Gasteiger partial charge in [0.1, 0.15) is 0 Å². The van der Waals surface area contributed by atoms with Crippen LogP contribution in [-0.2, 0) is 4.79 Å². The van der Waals surface area contributed by atoms with Crippen LogP contribution in [0.1, 0.15) is 48.0 Å². The molecule has 1 aromatic rings. The number of thiophene rings is 1. The van der Waals surface area contributed by atoms with Crippen LogP contribution in [0.2, 0.25) is 0 Å². The fourth-order valence-electron chi connectivity index (χ4n) is 1.81. The molecule has 3 nitrogen and oxygen atoms in total. The summed E-state index contributed by atoms with van der Waals surface area (Å²) in [6, 6.07) is 2.17. The number of carbonyl (C=O) groups excluding carboxylic acids is 1. The molecular formula is C13H21NO2S. The number of hydrogen-bond acceptors (Lipinski definition) is 3. The largest absolute Gasteiger partial charge is 0.393 e. The highest BCUT2D eigenvalue weighted by molar-refractivity contribution is 7.12. The summed E-state index contributed by atoms with van der Waals surface area (Å²) in [7, 11) is 0. The highest BCUT2D eigenvalue weighted by atomic mass is 32.1. The van der Waals surface area contributed by atoms with Gasteiger partial charge in [-0.05, 0) is 45.7 Å². The van der Waals surface area contributed by atoms with Gasteiger partial charge in [0.15, 0.2) is 0 Å². The van der Waals surface area contributed by atoms with Gasteiger partial charge in [0.05, 0.1) is 12.1 Å². The van der Waals surface area contributed by atoms with Gasteiger partial charge in [0, 0.05) is 16.2 Å². The predicted molar refractivity (Wildman–Crippen MR) is 71.3 cm³/mol. The second kappa shape index (κ2) is 6.17. The molecule has 2 N–H and O–H groups in total. The second-order valence-electron chi connectivity index (χ2n) is 4.55. The highest BCUT2D eigenvalue weighted by Crippen LogP contribution is 2.26. The molecule has 0 aromatic carbocycles. The van der Waals surface area contributed by atoms with Gasteiger partial charge >= 0.3 is 0 Å². The molecule has 0 saturated carbocycles. The van der Waals surface area contributed by atoms with Crippen LogP contribution >= 0.6 is 11.3 Å². The molecule has 96 valence electrons. The Morgan fingerprint density at radius 3 is 2.59 bits per heavy atom. The van der Waals surface area contributed by atoms with Crippen LogP contribution in [0.5, 0.6) is 0 Å². The van der Waals surface area contributed by atoms with Gasteiger partial charge in [-0.3, -0.25) is 4.79 Å². The van der Waals surface area contributed by atoms with Crippen LogP contribution in [-0.4, -0.2) is 17.1 Å². The molecule has 1 aromatic heterocycles. The molecule has 4 heteroatoms. The number of aryl methyl sites for hydroxylation is 2. The molecule has 1 amide bonds. The van der Waals surface area contributed by atoms with Gasteiger partial charge in [-0.2, -0.15) is 0 Å². The first-order valence-corrected chi connectivity index (χ1v) is 6.76. The maximum atomic E-state index is 11.6. The monoisotopic (exact) mass is 255 g/mol. The zero-order valence-corrected chi connectivity index (χ0v) is 11.7. The molecule has 1 heterocycles. The summed E-state index contributed by atoms with van der Waals surface area (Å²) in [5.41, 5.74) is 1.19. The van der Waals surface area contributed by atoms with E-state index in [9.17, 15) is 4.79 Å². The van der Waals surface area contributed by atoms with E-state index in [1.165, 1.54) is 15.3 Å². The molecule has 2 atom stereocenters. The quantitative estimate of drug-likeness (QED) is 0.850.